The first kappa shape index (κ1) is 19.9. The van der Waals surface area contributed by atoms with Crippen LogP contribution in [0.15, 0.2) is 42.5 Å². The zero-order chi connectivity index (χ0) is 20.3. The minimum absolute atomic E-state index is 0.0933. The summed E-state index contributed by atoms with van der Waals surface area (Å²) in [5, 5.41) is 14.2. The molecule has 0 aliphatic carbocycles. The molecule has 0 saturated heterocycles. The highest BCUT2D eigenvalue weighted by molar-refractivity contribution is 6.34. The smallest absolute Gasteiger partial charge is 0.278 e. The molecule has 3 aromatic rings. The molecule has 0 radical (unpaired) electrons. The van der Waals surface area contributed by atoms with Gasteiger partial charge >= 0.3 is 0 Å². The molecule has 0 aliphatic rings. The Morgan fingerprint density at radius 2 is 1.86 bits per heavy atom. The van der Waals surface area contributed by atoms with Crippen LogP contribution in [0.4, 0.5) is 11.4 Å². The fourth-order valence-corrected chi connectivity index (χ4v) is 3.00. The number of nitrogens with one attached hydrogen (secondary N) is 2. The van der Waals surface area contributed by atoms with E-state index in [0.29, 0.717) is 27.1 Å². The van der Waals surface area contributed by atoms with Gasteiger partial charge in [-0.2, -0.15) is 0 Å². The Morgan fingerprint density at radius 1 is 1.07 bits per heavy atom. The van der Waals surface area contributed by atoms with Crippen LogP contribution in [0, 0.1) is 13.8 Å². The van der Waals surface area contributed by atoms with Crippen LogP contribution in [-0.2, 0) is 11.3 Å². The lowest BCUT2D eigenvalue weighted by Gasteiger charge is -2.08. The molecular weight excluding hydrogens is 401 g/mol. The van der Waals surface area contributed by atoms with E-state index in [9.17, 15) is 9.59 Å². The number of nitrogens with zero attached hydrogens (tertiary/aromatic N) is 3. The van der Waals surface area contributed by atoms with Crippen molar-refractivity contribution in [3.8, 4) is 0 Å². The fourth-order valence-electron chi connectivity index (χ4n) is 2.53. The van der Waals surface area contributed by atoms with Gasteiger partial charge in [0.2, 0.25) is 5.91 Å². The summed E-state index contributed by atoms with van der Waals surface area (Å²) in [6, 6.07) is 12.1. The summed E-state index contributed by atoms with van der Waals surface area (Å²) in [7, 11) is 0. The third-order valence-electron chi connectivity index (χ3n) is 3.97. The first-order valence-electron chi connectivity index (χ1n) is 8.36. The number of anilines is 2. The van der Waals surface area contributed by atoms with Gasteiger partial charge in [0.15, 0.2) is 5.69 Å². The van der Waals surface area contributed by atoms with Crippen molar-refractivity contribution in [2.45, 2.75) is 20.4 Å². The molecule has 28 heavy (non-hydrogen) atoms. The summed E-state index contributed by atoms with van der Waals surface area (Å²) in [6.07, 6.45) is 0. The molecule has 0 fully saturated rings. The SMILES string of the molecule is Cc1ccc(NC(=O)c2nnn(CC(=O)Nc3cccc(Cl)c3)c2C)c(Cl)c1. The van der Waals surface area contributed by atoms with E-state index in [1.54, 1.807) is 43.3 Å². The molecule has 1 heterocycles. The second-order valence-corrected chi connectivity index (χ2v) is 7.02. The minimum Gasteiger partial charge on any atom is -0.324 e. The van der Waals surface area contributed by atoms with E-state index in [-0.39, 0.29) is 18.1 Å². The standard InChI is InChI=1S/C19H17Cl2N5O2/c1-11-6-7-16(15(21)8-11)23-19(28)18-12(2)26(25-24-18)10-17(27)22-14-5-3-4-13(20)9-14/h3-9H,10H2,1-2H3,(H,22,27)(H,23,28). The predicted molar refractivity (Wildman–Crippen MR) is 109 cm³/mol. The second kappa shape index (κ2) is 8.41. The summed E-state index contributed by atoms with van der Waals surface area (Å²) in [6.45, 7) is 3.48. The van der Waals surface area contributed by atoms with Gasteiger partial charge in [-0.25, -0.2) is 4.68 Å². The van der Waals surface area contributed by atoms with Crippen molar-refractivity contribution in [2.24, 2.45) is 0 Å². The maximum atomic E-state index is 12.5. The van der Waals surface area contributed by atoms with E-state index in [1.807, 2.05) is 13.0 Å². The molecule has 0 saturated carbocycles. The van der Waals surface area contributed by atoms with E-state index in [0.717, 1.165) is 5.56 Å². The summed E-state index contributed by atoms with van der Waals surface area (Å²) >= 11 is 12.1. The van der Waals surface area contributed by atoms with E-state index in [1.165, 1.54) is 4.68 Å². The van der Waals surface area contributed by atoms with E-state index < -0.39 is 5.91 Å². The van der Waals surface area contributed by atoms with Crippen LogP contribution in [0.2, 0.25) is 10.0 Å². The van der Waals surface area contributed by atoms with Crippen molar-refractivity contribution in [2.75, 3.05) is 10.6 Å². The Morgan fingerprint density at radius 3 is 2.57 bits per heavy atom. The molecular formula is C19H17Cl2N5O2. The second-order valence-electron chi connectivity index (χ2n) is 6.18. The third-order valence-corrected chi connectivity index (χ3v) is 4.52. The minimum atomic E-state index is -0.454. The molecule has 144 valence electrons. The lowest BCUT2D eigenvalue weighted by molar-refractivity contribution is -0.117. The van der Waals surface area contributed by atoms with Crippen molar-refractivity contribution in [3.05, 3.63) is 69.5 Å². The van der Waals surface area contributed by atoms with Crippen molar-refractivity contribution < 1.29 is 9.59 Å². The quantitative estimate of drug-likeness (QED) is 0.653. The lowest BCUT2D eigenvalue weighted by Crippen LogP contribution is -2.21. The summed E-state index contributed by atoms with van der Waals surface area (Å²) in [5.74, 6) is -0.770. The molecule has 7 nitrogen and oxygen atoms in total. The van der Waals surface area contributed by atoms with E-state index >= 15 is 0 Å². The lowest BCUT2D eigenvalue weighted by atomic mass is 10.2. The molecule has 9 heteroatoms. The number of amides is 2. The Balaban J connectivity index is 1.69. The molecule has 0 aliphatic heterocycles. The van der Waals surface area contributed by atoms with Gasteiger partial charge < -0.3 is 10.6 Å². The molecule has 3 rings (SSSR count). The van der Waals surface area contributed by atoms with Crippen LogP contribution in [0.3, 0.4) is 0 Å². The topological polar surface area (TPSA) is 88.9 Å². The van der Waals surface area contributed by atoms with Crippen molar-refractivity contribution in [3.63, 3.8) is 0 Å². The molecule has 0 unspecified atom stereocenters. The van der Waals surface area contributed by atoms with Crippen LogP contribution in [0.1, 0.15) is 21.7 Å². The summed E-state index contributed by atoms with van der Waals surface area (Å²) in [5.41, 5.74) is 2.61. The van der Waals surface area contributed by atoms with Crippen LogP contribution >= 0.6 is 23.2 Å². The van der Waals surface area contributed by atoms with Gasteiger partial charge in [0.1, 0.15) is 6.54 Å². The highest BCUT2D eigenvalue weighted by Gasteiger charge is 2.19. The molecule has 1 aromatic heterocycles. The van der Waals surface area contributed by atoms with Gasteiger partial charge in [0.25, 0.3) is 5.91 Å². The number of hydrogen-bond acceptors (Lipinski definition) is 4. The highest BCUT2D eigenvalue weighted by Crippen LogP contribution is 2.23. The van der Waals surface area contributed by atoms with E-state index in [4.69, 9.17) is 23.2 Å². The maximum absolute atomic E-state index is 12.5. The number of rotatable bonds is 5. The first-order chi connectivity index (χ1) is 13.3. The number of aromatic nitrogens is 3. The van der Waals surface area contributed by atoms with Gasteiger partial charge in [0.05, 0.1) is 16.4 Å². The van der Waals surface area contributed by atoms with Gasteiger partial charge in [0, 0.05) is 10.7 Å². The fraction of sp³-hybridized carbons (Fsp3) is 0.158. The van der Waals surface area contributed by atoms with Crippen LogP contribution < -0.4 is 10.6 Å². The average Bonchev–Trinajstić information content (AvgIpc) is 2.98. The third kappa shape index (κ3) is 4.68. The molecule has 2 amide bonds. The Labute approximate surface area is 171 Å². The van der Waals surface area contributed by atoms with Crippen molar-refractivity contribution in [1.29, 1.82) is 0 Å². The maximum Gasteiger partial charge on any atom is 0.278 e. The summed E-state index contributed by atoms with van der Waals surface area (Å²) in [4.78, 5) is 24.7. The zero-order valence-electron chi connectivity index (χ0n) is 15.2. The van der Waals surface area contributed by atoms with Crippen molar-refractivity contribution >= 4 is 46.4 Å². The van der Waals surface area contributed by atoms with Gasteiger partial charge in [-0.05, 0) is 49.7 Å². The number of hydrogen-bond donors (Lipinski definition) is 2. The Kier molecular flexibility index (Phi) is 5.96. The number of benzene rings is 2. The van der Waals surface area contributed by atoms with Crippen LogP contribution in [-0.4, -0.2) is 26.8 Å². The largest absolute Gasteiger partial charge is 0.324 e. The zero-order valence-corrected chi connectivity index (χ0v) is 16.7. The Bertz CT molecular complexity index is 1050. The molecule has 2 aromatic carbocycles. The first-order valence-corrected chi connectivity index (χ1v) is 9.12. The Hall–Kier alpha value is -2.90. The van der Waals surface area contributed by atoms with Gasteiger partial charge in [-0.3, -0.25) is 9.59 Å². The van der Waals surface area contributed by atoms with Gasteiger partial charge in [-0.1, -0.05) is 40.5 Å². The van der Waals surface area contributed by atoms with E-state index in [2.05, 4.69) is 20.9 Å². The molecule has 0 atom stereocenters. The predicted octanol–water partition coefficient (Wildman–Crippen LogP) is 4.09. The highest BCUT2D eigenvalue weighted by atomic mass is 35.5. The normalized spacial score (nSPS) is 10.6. The van der Waals surface area contributed by atoms with Crippen LogP contribution in [0.5, 0.6) is 0 Å². The van der Waals surface area contributed by atoms with Gasteiger partial charge in [-0.15, -0.1) is 5.10 Å². The monoisotopic (exact) mass is 417 g/mol. The van der Waals surface area contributed by atoms with Crippen molar-refractivity contribution in [1.82, 2.24) is 15.0 Å². The average molecular weight is 418 g/mol. The van der Waals surface area contributed by atoms with Crippen LogP contribution in [0.25, 0.3) is 0 Å². The molecule has 2 N–H and O–H groups in total. The number of halogens is 2. The molecule has 0 spiro atoms. The number of carbonyl (C=O) groups is 2. The molecule has 0 bridgehead atoms. The number of carbonyl (C=O) groups excluding carboxylic acids is 2. The summed E-state index contributed by atoms with van der Waals surface area (Å²) < 4.78 is 1.35. The number of aryl methyl sites for hydroxylation is 1.